The van der Waals surface area contributed by atoms with Crippen LogP contribution in [0.2, 0.25) is 0 Å². The van der Waals surface area contributed by atoms with Gasteiger partial charge in [0.2, 0.25) is 0 Å². The molecule has 0 rings (SSSR count). The number of ether oxygens (including phenoxy) is 1. The highest BCUT2D eigenvalue weighted by Gasteiger charge is 2.31. The molecule has 0 aromatic rings. The molecule has 5 atom stereocenters. The molecule has 0 bridgehead atoms. The Morgan fingerprint density at radius 1 is 0.893 bits per heavy atom. The summed E-state index contributed by atoms with van der Waals surface area (Å²) in [6, 6.07) is 0. The molecule has 28 heavy (non-hydrogen) atoms. The third kappa shape index (κ3) is 11.2. The Bertz CT molecular complexity index is 397. The molecule has 8 heteroatoms. The molecule has 0 saturated heterocycles. The Labute approximate surface area is 169 Å². The number of hydrogen-bond donors (Lipinski definition) is 5. The maximum atomic E-state index is 12.2. The van der Waals surface area contributed by atoms with Gasteiger partial charge in [0, 0.05) is 7.05 Å². The highest BCUT2D eigenvalue weighted by Crippen LogP contribution is 2.18. The molecule has 0 radical (unpaired) electrons. The van der Waals surface area contributed by atoms with E-state index in [0.717, 1.165) is 37.0 Å². The highest BCUT2D eigenvalue weighted by atomic mass is 16.6. The molecule has 0 fully saturated rings. The molecule has 0 aliphatic heterocycles. The molecule has 0 aliphatic carbocycles. The molecule has 1 amide bonds. The third-order valence-electron chi connectivity index (χ3n) is 4.97. The molecule has 0 aromatic heterocycles. The number of rotatable bonds is 16. The predicted octanol–water partition coefficient (Wildman–Crippen LogP) is 1.27. The van der Waals surface area contributed by atoms with Crippen molar-refractivity contribution >= 4 is 6.09 Å². The van der Waals surface area contributed by atoms with E-state index >= 15 is 0 Å². The zero-order valence-electron chi connectivity index (χ0n) is 17.7. The fourth-order valence-electron chi connectivity index (χ4n) is 2.99. The number of unbranched alkanes of at least 4 members (excludes halogenated alkanes) is 4. The van der Waals surface area contributed by atoms with Gasteiger partial charge in [-0.15, -0.1) is 0 Å². The quantitative estimate of drug-likeness (QED) is 0.244. The van der Waals surface area contributed by atoms with E-state index in [2.05, 4.69) is 13.8 Å². The summed E-state index contributed by atoms with van der Waals surface area (Å²) in [5.74, 6) is 0.311. The van der Waals surface area contributed by atoms with Gasteiger partial charge in [0.05, 0.1) is 19.8 Å². The van der Waals surface area contributed by atoms with Crippen LogP contribution in [0.1, 0.15) is 65.2 Å². The molecule has 0 aromatic carbocycles. The van der Waals surface area contributed by atoms with Crippen molar-refractivity contribution in [2.45, 2.75) is 89.6 Å². The Hall–Kier alpha value is -0.930. The Morgan fingerprint density at radius 2 is 1.46 bits per heavy atom. The predicted molar refractivity (Wildman–Crippen MR) is 107 cm³/mol. The number of amides is 1. The van der Waals surface area contributed by atoms with E-state index in [9.17, 15) is 25.2 Å². The van der Waals surface area contributed by atoms with E-state index in [0.29, 0.717) is 12.5 Å². The summed E-state index contributed by atoms with van der Waals surface area (Å²) in [5.41, 5.74) is 0. The van der Waals surface area contributed by atoms with Gasteiger partial charge in [0.15, 0.2) is 0 Å². The minimum absolute atomic E-state index is 0.272. The number of likely N-dealkylation sites (N-methyl/N-ethyl adjacent to an activating group) is 1. The van der Waals surface area contributed by atoms with Crippen molar-refractivity contribution in [2.75, 3.05) is 26.8 Å². The van der Waals surface area contributed by atoms with Crippen molar-refractivity contribution in [2.24, 2.45) is 5.92 Å². The summed E-state index contributed by atoms with van der Waals surface area (Å²) in [7, 11) is 1.43. The zero-order chi connectivity index (χ0) is 21.5. The van der Waals surface area contributed by atoms with Crippen LogP contribution in [0.3, 0.4) is 0 Å². The fraction of sp³-hybridized carbons (Fsp3) is 0.950. The van der Waals surface area contributed by atoms with Crippen LogP contribution in [-0.2, 0) is 4.74 Å². The number of carbonyl (C=O) groups is 1. The van der Waals surface area contributed by atoms with Gasteiger partial charge in [-0.3, -0.25) is 0 Å². The summed E-state index contributed by atoms with van der Waals surface area (Å²) in [4.78, 5) is 13.3. The van der Waals surface area contributed by atoms with Gasteiger partial charge in [-0.1, -0.05) is 52.4 Å². The van der Waals surface area contributed by atoms with Crippen molar-refractivity contribution in [1.82, 2.24) is 4.90 Å². The van der Waals surface area contributed by atoms with Crippen LogP contribution in [0.25, 0.3) is 0 Å². The first-order chi connectivity index (χ1) is 13.3. The van der Waals surface area contributed by atoms with E-state index in [1.807, 2.05) is 0 Å². The second-order valence-electron chi connectivity index (χ2n) is 7.61. The number of carbonyl (C=O) groups excluding carboxylic acids is 1. The van der Waals surface area contributed by atoms with Crippen molar-refractivity contribution in [1.29, 1.82) is 0 Å². The lowest BCUT2D eigenvalue weighted by atomic mass is 9.96. The number of nitrogens with zero attached hydrogens (tertiary/aromatic N) is 1. The number of hydrogen-bond acceptors (Lipinski definition) is 7. The minimum Gasteiger partial charge on any atom is -0.449 e. The summed E-state index contributed by atoms with van der Waals surface area (Å²) < 4.78 is 5.37. The van der Waals surface area contributed by atoms with Crippen LogP contribution >= 0.6 is 0 Å². The molecule has 0 saturated carbocycles. The molecule has 8 nitrogen and oxygen atoms in total. The maximum absolute atomic E-state index is 12.2. The van der Waals surface area contributed by atoms with Crippen molar-refractivity contribution in [3.05, 3.63) is 0 Å². The average molecular weight is 408 g/mol. The smallest absolute Gasteiger partial charge is 0.409 e. The molecular weight excluding hydrogens is 366 g/mol. The first kappa shape index (κ1) is 27.1. The van der Waals surface area contributed by atoms with Crippen molar-refractivity contribution < 1.29 is 35.1 Å². The molecule has 5 unspecified atom stereocenters. The van der Waals surface area contributed by atoms with E-state index < -0.39 is 37.1 Å². The van der Waals surface area contributed by atoms with Crippen LogP contribution in [-0.4, -0.2) is 87.7 Å². The Kier molecular flexibility index (Phi) is 15.4. The summed E-state index contributed by atoms with van der Waals surface area (Å²) in [5, 5.41) is 47.5. The normalized spacial score (nSPS) is 16.9. The molecule has 0 spiro atoms. The number of aliphatic hydroxyl groups is 5. The van der Waals surface area contributed by atoms with Crippen LogP contribution in [0.4, 0.5) is 4.79 Å². The largest absolute Gasteiger partial charge is 0.449 e. The zero-order valence-corrected chi connectivity index (χ0v) is 17.7. The topological polar surface area (TPSA) is 131 Å². The lowest BCUT2D eigenvalue weighted by molar-refractivity contribution is -0.117. The lowest BCUT2D eigenvalue weighted by Crippen LogP contribution is -2.50. The van der Waals surface area contributed by atoms with Gasteiger partial charge in [0.1, 0.15) is 24.4 Å². The van der Waals surface area contributed by atoms with Crippen molar-refractivity contribution in [3.63, 3.8) is 0 Å². The average Bonchev–Trinajstić information content (AvgIpc) is 2.70. The summed E-state index contributed by atoms with van der Waals surface area (Å²) in [6.45, 7) is 3.59. The number of aliphatic hydroxyl groups excluding tert-OH is 5. The minimum atomic E-state index is -1.72. The summed E-state index contributed by atoms with van der Waals surface area (Å²) >= 11 is 0. The monoisotopic (exact) mass is 407 g/mol. The van der Waals surface area contributed by atoms with Crippen LogP contribution < -0.4 is 0 Å². The second-order valence-corrected chi connectivity index (χ2v) is 7.61. The lowest BCUT2D eigenvalue weighted by Gasteiger charge is -2.28. The van der Waals surface area contributed by atoms with Gasteiger partial charge in [-0.2, -0.15) is 0 Å². The molecule has 0 heterocycles. The van der Waals surface area contributed by atoms with Gasteiger partial charge >= 0.3 is 6.09 Å². The SMILES string of the molecule is CCCCCCC(CCCC)COC(=O)N(C)CC(O)C(O)C(O)C(O)CO. The Morgan fingerprint density at radius 3 is 2.04 bits per heavy atom. The maximum Gasteiger partial charge on any atom is 0.409 e. The summed E-state index contributed by atoms with van der Waals surface area (Å²) in [6.07, 6.45) is 1.79. The van der Waals surface area contributed by atoms with Crippen LogP contribution in [0, 0.1) is 5.92 Å². The third-order valence-corrected chi connectivity index (χ3v) is 4.97. The first-order valence-electron chi connectivity index (χ1n) is 10.5. The van der Waals surface area contributed by atoms with Gasteiger partial charge in [0.25, 0.3) is 0 Å². The molecule has 168 valence electrons. The van der Waals surface area contributed by atoms with Gasteiger partial charge < -0.3 is 35.2 Å². The highest BCUT2D eigenvalue weighted by molar-refractivity contribution is 5.67. The van der Waals surface area contributed by atoms with E-state index in [1.165, 1.54) is 26.3 Å². The fourth-order valence-corrected chi connectivity index (χ4v) is 2.99. The van der Waals surface area contributed by atoms with E-state index in [1.54, 1.807) is 0 Å². The first-order valence-corrected chi connectivity index (χ1v) is 10.5. The van der Waals surface area contributed by atoms with Gasteiger partial charge in [-0.05, 0) is 18.8 Å². The van der Waals surface area contributed by atoms with E-state index in [4.69, 9.17) is 9.84 Å². The van der Waals surface area contributed by atoms with Crippen molar-refractivity contribution in [3.8, 4) is 0 Å². The van der Waals surface area contributed by atoms with Gasteiger partial charge in [-0.25, -0.2) is 4.79 Å². The molecule has 0 aliphatic rings. The molecule has 5 N–H and O–H groups in total. The standard InChI is InChI=1S/C20H41NO7/c1-4-6-8-9-11-15(10-7-5-2)14-28-20(27)21(3)12-16(23)18(25)19(26)17(24)13-22/h15-19,22-26H,4-14H2,1-3H3. The Balaban J connectivity index is 4.43. The second kappa shape index (κ2) is 15.9. The molecular formula is C20H41NO7. The van der Waals surface area contributed by atoms with Crippen LogP contribution in [0.5, 0.6) is 0 Å². The van der Waals surface area contributed by atoms with Crippen LogP contribution in [0.15, 0.2) is 0 Å². The van der Waals surface area contributed by atoms with E-state index in [-0.39, 0.29) is 6.54 Å².